The molecule has 0 atom stereocenters. The van der Waals surface area contributed by atoms with Crippen LogP contribution < -0.4 is 21.5 Å². The SMILES string of the molecule is COc1ccc(CNCc2cscc2-c2cc(N)ccc2N)cc1. The summed E-state index contributed by atoms with van der Waals surface area (Å²) < 4.78 is 5.18. The minimum Gasteiger partial charge on any atom is -0.497 e. The third-order valence-electron chi connectivity index (χ3n) is 3.91. The number of nitrogen functional groups attached to an aromatic ring is 2. The third-order valence-corrected chi connectivity index (χ3v) is 4.71. The predicted molar refractivity (Wildman–Crippen MR) is 102 cm³/mol. The lowest BCUT2D eigenvalue weighted by Gasteiger charge is -2.10. The highest BCUT2D eigenvalue weighted by Gasteiger charge is 2.10. The van der Waals surface area contributed by atoms with Gasteiger partial charge in [-0.25, -0.2) is 0 Å². The van der Waals surface area contributed by atoms with Gasteiger partial charge < -0.3 is 21.5 Å². The minimum atomic E-state index is 0.725. The van der Waals surface area contributed by atoms with Crippen molar-refractivity contribution in [2.24, 2.45) is 0 Å². The van der Waals surface area contributed by atoms with Crippen LogP contribution in [0.3, 0.4) is 0 Å². The lowest BCUT2D eigenvalue weighted by Crippen LogP contribution is -2.12. The largest absolute Gasteiger partial charge is 0.497 e. The number of methoxy groups -OCH3 is 1. The lowest BCUT2D eigenvalue weighted by molar-refractivity contribution is 0.414. The number of hydrogen-bond acceptors (Lipinski definition) is 5. The van der Waals surface area contributed by atoms with Crippen LogP contribution in [0.25, 0.3) is 11.1 Å². The van der Waals surface area contributed by atoms with Crippen molar-refractivity contribution in [1.82, 2.24) is 5.32 Å². The average Bonchev–Trinajstić information content (AvgIpc) is 3.06. The number of hydrogen-bond donors (Lipinski definition) is 3. The number of benzene rings is 2. The number of ether oxygens (including phenoxy) is 1. The van der Waals surface area contributed by atoms with Gasteiger partial charge in [0.05, 0.1) is 7.11 Å². The summed E-state index contributed by atoms with van der Waals surface area (Å²) in [7, 11) is 1.67. The van der Waals surface area contributed by atoms with Crippen LogP contribution in [0.15, 0.2) is 53.2 Å². The highest BCUT2D eigenvalue weighted by Crippen LogP contribution is 2.33. The van der Waals surface area contributed by atoms with Crippen molar-refractivity contribution in [3.63, 3.8) is 0 Å². The van der Waals surface area contributed by atoms with Crippen molar-refractivity contribution in [2.75, 3.05) is 18.6 Å². The molecule has 0 saturated carbocycles. The number of nitrogens with two attached hydrogens (primary N) is 2. The first kappa shape index (κ1) is 16.4. The molecule has 1 aromatic heterocycles. The molecule has 3 rings (SSSR count). The van der Waals surface area contributed by atoms with Crippen LogP contribution in [0.1, 0.15) is 11.1 Å². The zero-order chi connectivity index (χ0) is 16.9. The molecule has 0 aliphatic carbocycles. The molecule has 24 heavy (non-hydrogen) atoms. The monoisotopic (exact) mass is 339 g/mol. The fourth-order valence-electron chi connectivity index (χ4n) is 2.59. The van der Waals surface area contributed by atoms with Gasteiger partial charge in [-0.2, -0.15) is 11.3 Å². The van der Waals surface area contributed by atoms with Crippen molar-refractivity contribution in [2.45, 2.75) is 13.1 Å². The number of anilines is 2. The van der Waals surface area contributed by atoms with Crippen molar-refractivity contribution >= 4 is 22.7 Å². The van der Waals surface area contributed by atoms with Crippen LogP contribution in [-0.2, 0) is 13.1 Å². The topological polar surface area (TPSA) is 73.3 Å². The summed E-state index contributed by atoms with van der Waals surface area (Å²) in [5.41, 5.74) is 18.1. The fraction of sp³-hybridized carbons (Fsp3) is 0.158. The van der Waals surface area contributed by atoms with Crippen molar-refractivity contribution in [3.8, 4) is 16.9 Å². The minimum absolute atomic E-state index is 0.725. The molecule has 0 unspecified atom stereocenters. The summed E-state index contributed by atoms with van der Waals surface area (Å²) >= 11 is 1.67. The summed E-state index contributed by atoms with van der Waals surface area (Å²) in [6.45, 7) is 1.57. The van der Waals surface area contributed by atoms with E-state index in [2.05, 4.69) is 28.2 Å². The highest BCUT2D eigenvalue weighted by molar-refractivity contribution is 7.08. The molecule has 5 N–H and O–H groups in total. The fourth-order valence-corrected chi connectivity index (χ4v) is 3.45. The van der Waals surface area contributed by atoms with Gasteiger partial charge in [-0.05, 0) is 57.8 Å². The molecule has 5 heteroatoms. The van der Waals surface area contributed by atoms with Crippen LogP contribution in [0, 0.1) is 0 Å². The van der Waals surface area contributed by atoms with E-state index in [0.29, 0.717) is 0 Å². The van der Waals surface area contributed by atoms with E-state index in [4.69, 9.17) is 16.2 Å². The van der Waals surface area contributed by atoms with Crippen LogP contribution >= 0.6 is 11.3 Å². The third kappa shape index (κ3) is 3.69. The molecule has 1 heterocycles. The molecule has 0 amide bonds. The van der Waals surface area contributed by atoms with E-state index < -0.39 is 0 Å². The van der Waals surface area contributed by atoms with Crippen LogP contribution in [0.4, 0.5) is 11.4 Å². The van der Waals surface area contributed by atoms with Gasteiger partial charge in [-0.15, -0.1) is 0 Å². The zero-order valence-corrected chi connectivity index (χ0v) is 14.4. The van der Waals surface area contributed by atoms with Crippen molar-refractivity contribution in [1.29, 1.82) is 0 Å². The Labute approximate surface area is 146 Å². The molecular formula is C19H21N3OS. The van der Waals surface area contributed by atoms with Crippen molar-refractivity contribution in [3.05, 3.63) is 64.4 Å². The molecule has 3 aromatic rings. The van der Waals surface area contributed by atoms with E-state index in [1.165, 1.54) is 11.1 Å². The Morgan fingerprint density at radius 3 is 2.50 bits per heavy atom. The van der Waals surface area contributed by atoms with Gasteiger partial charge in [-0.1, -0.05) is 12.1 Å². The van der Waals surface area contributed by atoms with Crippen LogP contribution in [0.5, 0.6) is 5.75 Å². The molecule has 0 saturated heterocycles. The zero-order valence-electron chi connectivity index (χ0n) is 13.6. The van der Waals surface area contributed by atoms with E-state index in [9.17, 15) is 0 Å². The second-order valence-electron chi connectivity index (χ2n) is 5.61. The van der Waals surface area contributed by atoms with E-state index >= 15 is 0 Å². The summed E-state index contributed by atoms with van der Waals surface area (Å²) in [6, 6.07) is 13.7. The summed E-state index contributed by atoms with van der Waals surface area (Å²) in [6.07, 6.45) is 0. The smallest absolute Gasteiger partial charge is 0.118 e. The Hall–Kier alpha value is -2.50. The summed E-state index contributed by atoms with van der Waals surface area (Å²) in [5, 5.41) is 7.75. The van der Waals surface area contributed by atoms with E-state index in [1.807, 2.05) is 30.3 Å². The van der Waals surface area contributed by atoms with Gasteiger partial charge in [0.15, 0.2) is 0 Å². The number of nitrogens with one attached hydrogen (secondary N) is 1. The summed E-state index contributed by atoms with van der Waals surface area (Å²) in [4.78, 5) is 0. The molecular weight excluding hydrogens is 318 g/mol. The van der Waals surface area contributed by atoms with E-state index in [-0.39, 0.29) is 0 Å². The lowest BCUT2D eigenvalue weighted by atomic mass is 10.0. The van der Waals surface area contributed by atoms with Gasteiger partial charge >= 0.3 is 0 Å². The molecule has 0 radical (unpaired) electrons. The molecule has 0 bridgehead atoms. The van der Waals surface area contributed by atoms with Crippen LogP contribution in [0.2, 0.25) is 0 Å². The van der Waals surface area contributed by atoms with Gasteiger partial charge in [0.2, 0.25) is 0 Å². The van der Waals surface area contributed by atoms with Gasteiger partial charge in [-0.3, -0.25) is 0 Å². The van der Waals surface area contributed by atoms with Crippen molar-refractivity contribution < 1.29 is 4.74 Å². The standard InChI is InChI=1S/C19H21N3OS/c1-23-16-5-2-13(3-6-16)9-22-10-14-11-24-12-18(14)17-8-15(20)4-7-19(17)21/h2-8,11-12,22H,9-10,20-21H2,1H3. The molecule has 0 aliphatic heterocycles. The Balaban J connectivity index is 1.68. The Morgan fingerprint density at radius 2 is 1.75 bits per heavy atom. The van der Waals surface area contributed by atoms with Gasteiger partial charge in [0.1, 0.15) is 5.75 Å². The quantitative estimate of drug-likeness (QED) is 0.596. The molecule has 124 valence electrons. The van der Waals surface area contributed by atoms with Crippen LogP contribution in [-0.4, -0.2) is 7.11 Å². The van der Waals surface area contributed by atoms with E-state index in [0.717, 1.165) is 41.3 Å². The second-order valence-corrected chi connectivity index (χ2v) is 6.35. The van der Waals surface area contributed by atoms with Gasteiger partial charge in [0, 0.05) is 30.0 Å². The molecule has 0 spiro atoms. The normalized spacial score (nSPS) is 10.7. The second kappa shape index (κ2) is 7.38. The molecule has 2 aromatic carbocycles. The first-order chi connectivity index (χ1) is 11.7. The Kier molecular flexibility index (Phi) is 5.03. The average molecular weight is 339 g/mol. The number of thiophene rings is 1. The first-order valence-corrected chi connectivity index (χ1v) is 8.65. The molecule has 4 nitrogen and oxygen atoms in total. The maximum Gasteiger partial charge on any atom is 0.118 e. The highest BCUT2D eigenvalue weighted by atomic mass is 32.1. The molecule has 0 fully saturated rings. The Bertz CT molecular complexity index is 812. The summed E-state index contributed by atoms with van der Waals surface area (Å²) in [5.74, 6) is 0.871. The Morgan fingerprint density at radius 1 is 0.958 bits per heavy atom. The van der Waals surface area contributed by atoms with Gasteiger partial charge in [0.25, 0.3) is 0 Å². The predicted octanol–water partition coefficient (Wildman–Crippen LogP) is 3.88. The number of rotatable bonds is 6. The maximum absolute atomic E-state index is 6.11. The first-order valence-electron chi connectivity index (χ1n) is 7.71. The van der Waals surface area contributed by atoms with E-state index in [1.54, 1.807) is 18.4 Å². The molecule has 0 aliphatic rings. The maximum atomic E-state index is 6.11.